The van der Waals surface area contributed by atoms with Crippen LogP contribution in [-0.4, -0.2) is 64.7 Å². The maximum absolute atomic E-state index is 13.8. The molecule has 3 aliphatic heterocycles. The van der Waals surface area contributed by atoms with Crippen LogP contribution in [0.25, 0.3) is 0 Å². The van der Waals surface area contributed by atoms with Gasteiger partial charge in [0.05, 0.1) is 30.1 Å². The molecule has 8 nitrogen and oxygen atoms in total. The minimum absolute atomic E-state index is 0.237. The number of aryl methyl sites for hydroxylation is 2. The molecule has 174 valence electrons. The van der Waals surface area contributed by atoms with Gasteiger partial charge in [-0.1, -0.05) is 19.1 Å². The van der Waals surface area contributed by atoms with Gasteiger partial charge in [0.25, 0.3) is 0 Å². The number of benzene rings is 1. The molecule has 3 heterocycles. The number of aliphatic hydroxyl groups excluding tert-OH is 1. The average molecular weight is 444 g/mol. The Kier molecular flexibility index (Phi) is 5.57. The number of ether oxygens (including phenoxy) is 1. The van der Waals surface area contributed by atoms with Gasteiger partial charge in [0, 0.05) is 12.7 Å². The number of hydrogen-bond acceptors (Lipinski definition) is 5. The van der Waals surface area contributed by atoms with Crippen LogP contribution in [0.3, 0.4) is 0 Å². The van der Waals surface area contributed by atoms with Crippen LogP contribution in [0.4, 0.5) is 5.69 Å². The number of amides is 3. The van der Waals surface area contributed by atoms with Crippen molar-refractivity contribution in [1.29, 1.82) is 0 Å². The smallest absolute Gasteiger partial charge is 0.250 e. The van der Waals surface area contributed by atoms with Crippen LogP contribution in [-0.2, 0) is 19.1 Å². The number of anilines is 1. The Bertz CT molecular complexity index is 965. The first-order valence-corrected chi connectivity index (χ1v) is 11.4. The highest BCUT2D eigenvalue weighted by Crippen LogP contribution is 2.64. The van der Waals surface area contributed by atoms with Gasteiger partial charge in [-0.2, -0.15) is 0 Å². The van der Waals surface area contributed by atoms with Crippen LogP contribution in [0.2, 0.25) is 0 Å². The van der Waals surface area contributed by atoms with Crippen LogP contribution in [0.15, 0.2) is 18.2 Å². The molecule has 32 heavy (non-hydrogen) atoms. The molecule has 8 heteroatoms. The van der Waals surface area contributed by atoms with Crippen LogP contribution in [0, 0.1) is 25.7 Å². The summed E-state index contributed by atoms with van der Waals surface area (Å²) < 4.78 is 6.61. The lowest BCUT2D eigenvalue weighted by Crippen LogP contribution is -2.56. The second kappa shape index (κ2) is 7.85. The molecule has 6 atom stereocenters. The third-order valence-corrected chi connectivity index (χ3v) is 7.79. The van der Waals surface area contributed by atoms with Gasteiger partial charge in [-0.05, 0) is 57.2 Å². The van der Waals surface area contributed by atoms with E-state index in [4.69, 9.17) is 4.74 Å². The van der Waals surface area contributed by atoms with E-state index in [1.54, 1.807) is 14.0 Å². The number of nitrogens with zero attached hydrogens (tertiary/aromatic N) is 1. The third-order valence-electron chi connectivity index (χ3n) is 7.79. The summed E-state index contributed by atoms with van der Waals surface area (Å²) in [5.74, 6) is -2.29. The predicted molar refractivity (Wildman–Crippen MR) is 119 cm³/mol. The van der Waals surface area contributed by atoms with Gasteiger partial charge in [-0.3, -0.25) is 14.4 Å². The molecular formula is C24H33N3O5. The summed E-state index contributed by atoms with van der Waals surface area (Å²) >= 11 is 0. The Hall–Kier alpha value is -2.45. The zero-order chi connectivity index (χ0) is 23.4. The molecule has 3 fully saturated rings. The summed E-state index contributed by atoms with van der Waals surface area (Å²) in [7, 11) is 1.56. The number of nitrogens with one attached hydrogen (secondary N) is 2. The van der Waals surface area contributed by atoms with Crippen molar-refractivity contribution < 1.29 is 24.2 Å². The second-order valence-corrected chi connectivity index (χ2v) is 9.53. The summed E-state index contributed by atoms with van der Waals surface area (Å²) in [5, 5.41) is 15.6. The van der Waals surface area contributed by atoms with Crippen molar-refractivity contribution in [1.82, 2.24) is 10.2 Å². The van der Waals surface area contributed by atoms with Gasteiger partial charge in [0.2, 0.25) is 17.7 Å². The molecular weight excluding hydrogens is 410 g/mol. The Morgan fingerprint density at radius 2 is 2.00 bits per heavy atom. The summed E-state index contributed by atoms with van der Waals surface area (Å²) in [4.78, 5) is 41.9. The summed E-state index contributed by atoms with van der Waals surface area (Å²) in [6.07, 6.45) is 1.71. The van der Waals surface area contributed by atoms with Crippen LogP contribution in [0.5, 0.6) is 0 Å². The quantitative estimate of drug-likeness (QED) is 0.618. The predicted octanol–water partition coefficient (Wildman–Crippen LogP) is 1.52. The van der Waals surface area contributed by atoms with E-state index in [2.05, 4.69) is 10.6 Å². The first-order chi connectivity index (χ1) is 15.2. The van der Waals surface area contributed by atoms with Crippen molar-refractivity contribution in [3.8, 4) is 0 Å². The zero-order valence-corrected chi connectivity index (χ0v) is 19.4. The standard InChI is InChI=1S/C24H33N3O5/c1-6-23-9-10-24(32-23)18(17(23)20(29)25-5)22(31)27(15(4)12-28)19(24)21(30)26-16-11-13(2)7-8-14(16)3/h7-8,11,15,17-19,28H,6,9-10,12H2,1-5H3,(H,25,29)(H,26,30)/t15-,17-,18+,19?,23+,24?/m1/s1. The van der Waals surface area contributed by atoms with Crippen LogP contribution >= 0.6 is 0 Å². The first-order valence-electron chi connectivity index (χ1n) is 11.4. The van der Waals surface area contributed by atoms with Gasteiger partial charge >= 0.3 is 0 Å². The molecule has 0 radical (unpaired) electrons. The fraction of sp³-hybridized carbons (Fsp3) is 0.625. The molecule has 2 unspecified atom stereocenters. The maximum atomic E-state index is 13.8. The Labute approximate surface area is 188 Å². The fourth-order valence-electron chi connectivity index (χ4n) is 6.14. The van der Waals surface area contributed by atoms with Gasteiger partial charge in [0.1, 0.15) is 11.6 Å². The highest BCUT2D eigenvalue weighted by Gasteiger charge is 2.78. The van der Waals surface area contributed by atoms with E-state index in [1.807, 2.05) is 39.0 Å². The molecule has 4 rings (SSSR count). The molecule has 0 aromatic heterocycles. The highest BCUT2D eigenvalue weighted by molar-refractivity contribution is 6.04. The lowest BCUT2D eigenvalue weighted by molar-refractivity contribution is -0.148. The van der Waals surface area contributed by atoms with E-state index in [1.165, 1.54) is 4.90 Å². The lowest BCUT2D eigenvalue weighted by Gasteiger charge is -2.36. The van der Waals surface area contributed by atoms with E-state index in [0.717, 1.165) is 11.1 Å². The molecule has 3 amide bonds. The second-order valence-electron chi connectivity index (χ2n) is 9.53. The minimum Gasteiger partial charge on any atom is -0.394 e. The molecule has 1 aromatic rings. The van der Waals surface area contributed by atoms with Crippen molar-refractivity contribution in [3.05, 3.63) is 29.3 Å². The number of hydrogen-bond donors (Lipinski definition) is 3. The van der Waals surface area contributed by atoms with E-state index < -0.39 is 35.1 Å². The Morgan fingerprint density at radius 3 is 2.62 bits per heavy atom. The molecule has 1 spiro atoms. The normalized spacial score (nSPS) is 33.9. The number of carbonyl (C=O) groups excluding carboxylic acids is 3. The molecule has 1 aromatic carbocycles. The summed E-state index contributed by atoms with van der Waals surface area (Å²) in [6.45, 7) is 7.24. The van der Waals surface area contributed by atoms with Gasteiger partial charge in [0.15, 0.2) is 0 Å². The number of carbonyl (C=O) groups is 3. The maximum Gasteiger partial charge on any atom is 0.250 e. The van der Waals surface area contributed by atoms with Crippen molar-refractivity contribution in [2.75, 3.05) is 19.0 Å². The Balaban J connectivity index is 1.79. The van der Waals surface area contributed by atoms with Gasteiger partial charge in [-0.15, -0.1) is 0 Å². The average Bonchev–Trinajstić information content (AvgIpc) is 3.38. The Morgan fingerprint density at radius 1 is 1.28 bits per heavy atom. The molecule has 0 saturated carbocycles. The zero-order valence-electron chi connectivity index (χ0n) is 19.4. The van der Waals surface area contributed by atoms with E-state index in [-0.39, 0.29) is 24.3 Å². The van der Waals surface area contributed by atoms with E-state index in [9.17, 15) is 19.5 Å². The SMILES string of the molecule is CC[C@@]12CCC3(O1)C(C(=O)Nc1cc(C)ccc1C)N([C@H](C)CO)C(=O)[C@@H]3[C@@H]2C(=O)NC. The van der Waals surface area contributed by atoms with Gasteiger partial charge in [-0.25, -0.2) is 0 Å². The van der Waals surface area contributed by atoms with Crippen molar-refractivity contribution in [3.63, 3.8) is 0 Å². The fourth-order valence-corrected chi connectivity index (χ4v) is 6.14. The molecule has 3 saturated heterocycles. The van der Waals surface area contributed by atoms with Crippen molar-refractivity contribution >= 4 is 23.4 Å². The molecule has 3 N–H and O–H groups in total. The molecule has 3 aliphatic rings. The van der Waals surface area contributed by atoms with Crippen molar-refractivity contribution in [2.45, 2.75) is 70.2 Å². The monoisotopic (exact) mass is 443 g/mol. The van der Waals surface area contributed by atoms with Gasteiger partial charge < -0.3 is 25.4 Å². The largest absolute Gasteiger partial charge is 0.394 e. The summed E-state index contributed by atoms with van der Waals surface area (Å²) in [5.41, 5.74) is 0.753. The first kappa shape index (κ1) is 22.7. The minimum atomic E-state index is -1.09. The lowest BCUT2D eigenvalue weighted by atomic mass is 9.65. The molecule has 0 aliphatic carbocycles. The van der Waals surface area contributed by atoms with E-state index in [0.29, 0.717) is 24.9 Å². The number of fused-ring (bicyclic) bond motifs is 1. The van der Waals surface area contributed by atoms with E-state index >= 15 is 0 Å². The number of aliphatic hydroxyl groups is 1. The number of rotatable bonds is 6. The van der Waals surface area contributed by atoms with Crippen LogP contribution < -0.4 is 10.6 Å². The van der Waals surface area contributed by atoms with Crippen LogP contribution in [0.1, 0.15) is 44.2 Å². The molecule has 2 bridgehead atoms. The number of likely N-dealkylation sites (tertiary alicyclic amines) is 1. The topological polar surface area (TPSA) is 108 Å². The highest BCUT2D eigenvalue weighted by atomic mass is 16.5. The third kappa shape index (κ3) is 2.99. The van der Waals surface area contributed by atoms with Crippen molar-refractivity contribution in [2.24, 2.45) is 11.8 Å². The summed E-state index contributed by atoms with van der Waals surface area (Å²) in [6, 6.07) is 4.30.